The van der Waals surface area contributed by atoms with Crippen molar-refractivity contribution < 1.29 is 29.3 Å². The van der Waals surface area contributed by atoms with Gasteiger partial charge in [-0.15, -0.1) is 0 Å². The maximum atomic E-state index is 12.4. The molecule has 5 atom stereocenters. The predicted molar refractivity (Wildman–Crippen MR) is 98.3 cm³/mol. The van der Waals surface area contributed by atoms with Crippen molar-refractivity contribution in [3.63, 3.8) is 0 Å². The summed E-state index contributed by atoms with van der Waals surface area (Å²) in [5.41, 5.74) is 0.382. The molecule has 0 aromatic heterocycles. The molecule has 1 saturated carbocycles. The molecule has 150 valence electrons. The summed E-state index contributed by atoms with van der Waals surface area (Å²) in [6.45, 7) is 4.35. The standard InChI is InChI=1S/C21H30O6/c1-13-7-10-21(12-22)15(19(25)26-3)5-4-6-16(21)20(13,2)9-8-14-11-17(23)27-18(14)24/h5,11,13,16-17,22-23H,4,6-10,12H2,1-3H3/t13-,16-,17+,20+,21-/m1/s1. The van der Waals surface area contributed by atoms with Gasteiger partial charge in [-0.3, -0.25) is 0 Å². The molecule has 1 aliphatic heterocycles. The molecule has 2 aliphatic carbocycles. The van der Waals surface area contributed by atoms with Crippen molar-refractivity contribution in [2.24, 2.45) is 22.7 Å². The lowest BCUT2D eigenvalue weighted by molar-refractivity contribution is -0.151. The normalized spacial score (nSPS) is 38.6. The summed E-state index contributed by atoms with van der Waals surface area (Å²) in [6, 6.07) is 0. The summed E-state index contributed by atoms with van der Waals surface area (Å²) >= 11 is 0. The van der Waals surface area contributed by atoms with Crippen LogP contribution in [0.15, 0.2) is 23.3 Å². The number of carbonyl (C=O) groups is 2. The highest BCUT2D eigenvalue weighted by Crippen LogP contribution is 2.62. The number of hydrogen-bond donors (Lipinski definition) is 2. The van der Waals surface area contributed by atoms with Crippen LogP contribution in [0.5, 0.6) is 0 Å². The van der Waals surface area contributed by atoms with Gasteiger partial charge in [0, 0.05) is 16.6 Å². The Morgan fingerprint density at radius 3 is 2.74 bits per heavy atom. The topological polar surface area (TPSA) is 93.1 Å². The summed E-state index contributed by atoms with van der Waals surface area (Å²) in [4.78, 5) is 24.3. The number of allylic oxidation sites excluding steroid dienone is 1. The lowest BCUT2D eigenvalue weighted by Crippen LogP contribution is -2.54. The third kappa shape index (κ3) is 3.23. The third-order valence-corrected chi connectivity index (χ3v) is 7.41. The van der Waals surface area contributed by atoms with Crippen molar-refractivity contribution in [3.05, 3.63) is 23.3 Å². The highest BCUT2D eigenvalue weighted by atomic mass is 16.6. The Morgan fingerprint density at radius 2 is 2.15 bits per heavy atom. The molecule has 0 aromatic carbocycles. The van der Waals surface area contributed by atoms with Crippen molar-refractivity contribution in [1.82, 2.24) is 0 Å². The minimum absolute atomic E-state index is 0.0790. The number of rotatable bonds is 5. The quantitative estimate of drug-likeness (QED) is 0.714. The number of carbonyl (C=O) groups excluding carboxylic acids is 2. The van der Waals surface area contributed by atoms with E-state index in [0.717, 1.165) is 32.1 Å². The minimum Gasteiger partial charge on any atom is -0.466 e. The fourth-order valence-corrected chi connectivity index (χ4v) is 5.62. The second-order valence-electron chi connectivity index (χ2n) is 8.49. The Balaban J connectivity index is 1.90. The van der Waals surface area contributed by atoms with E-state index in [1.807, 2.05) is 6.08 Å². The smallest absolute Gasteiger partial charge is 0.336 e. The van der Waals surface area contributed by atoms with Crippen LogP contribution in [0.4, 0.5) is 0 Å². The molecule has 6 nitrogen and oxygen atoms in total. The van der Waals surface area contributed by atoms with Crippen molar-refractivity contribution in [3.8, 4) is 0 Å². The number of aliphatic hydroxyl groups is 2. The van der Waals surface area contributed by atoms with Crippen molar-refractivity contribution in [1.29, 1.82) is 0 Å². The van der Waals surface area contributed by atoms with Crippen LogP contribution in [0, 0.1) is 22.7 Å². The first-order valence-electron chi connectivity index (χ1n) is 9.78. The third-order valence-electron chi connectivity index (χ3n) is 7.41. The van der Waals surface area contributed by atoms with Crippen LogP contribution in [-0.4, -0.2) is 42.2 Å². The molecule has 0 bridgehead atoms. The highest BCUT2D eigenvalue weighted by molar-refractivity contribution is 5.91. The Bertz CT molecular complexity index is 680. The second-order valence-corrected chi connectivity index (χ2v) is 8.49. The van der Waals surface area contributed by atoms with Gasteiger partial charge in [0.05, 0.1) is 13.7 Å². The lowest BCUT2D eigenvalue weighted by Gasteiger charge is -2.58. The first-order chi connectivity index (χ1) is 12.8. The molecule has 1 heterocycles. The maximum absolute atomic E-state index is 12.4. The predicted octanol–water partition coefficient (Wildman–Crippen LogP) is 2.49. The molecular formula is C21H30O6. The molecule has 0 aromatic rings. The fourth-order valence-electron chi connectivity index (χ4n) is 5.62. The largest absolute Gasteiger partial charge is 0.466 e. The van der Waals surface area contributed by atoms with Gasteiger partial charge in [0.2, 0.25) is 6.29 Å². The summed E-state index contributed by atoms with van der Waals surface area (Å²) in [6.07, 6.45) is 6.85. The lowest BCUT2D eigenvalue weighted by atomic mass is 9.46. The first-order valence-corrected chi connectivity index (χ1v) is 9.78. The van der Waals surface area contributed by atoms with Gasteiger partial charge in [0.15, 0.2) is 0 Å². The summed E-state index contributed by atoms with van der Waals surface area (Å²) in [7, 11) is 1.38. The van der Waals surface area contributed by atoms with E-state index in [1.165, 1.54) is 13.2 Å². The summed E-state index contributed by atoms with van der Waals surface area (Å²) < 4.78 is 9.81. The SMILES string of the molecule is COC(=O)C1=CCC[C@H]2[C@@]1(CO)CC[C@@H](C)[C@]2(C)CCC1=C[C@@H](O)OC1=O. The van der Waals surface area contributed by atoms with Crippen LogP contribution in [0.1, 0.15) is 52.4 Å². The van der Waals surface area contributed by atoms with Gasteiger partial charge in [0.1, 0.15) is 0 Å². The Kier molecular flexibility index (Phi) is 5.50. The minimum atomic E-state index is -1.15. The number of methoxy groups -OCH3 is 1. The van der Waals surface area contributed by atoms with E-state index < -0.39 is 17.7 Å². The van der Waals surface area contributed by atoms with Crippen LogP contribution in [0.3, 0.4) is 0 Å². The van der Waals surface area contributed by atoms with Crippen LogP contribution in [-0.2, 0) is 19.1 Å². The van der Waals surface area contributed by atoms with Gasteiger partial charge >= 0.3 is 11.9 Å². The summed E-state index contributed by atoms with van der Waals surface area (Å²) in [5.74, 6) is -0.291. The van der Waals surface area contributed by atoms with Gasteiger partial charge in [-0.2, -0.15) is 0 Å². The molecule has 0 unspecified atom stereocenters. The molecule has 0 amide bonds. The molecule has 0 saturated heterocycles. The second kappa shape index (κ2) is 7.40. The molecule has 0 spiro atoms. The number of fused-ring (bicyclic) bond motifs is 1. The summed E-state index contributed by atoms with van der Waals surface area (Å²) in [5, 5.41) is 19.9. The van der Waals surface area contributed by atoms with Gasteiger partial charge in [0.25, 0.3) is 0 Å². The molecular weight excluding hydrogens is 348 g/mol. The van der Waals surface area contributed by atoms with Crippen molar-refractivity contribution in [2.45, 2.75) is 58.7 Å². The number of aliphatic hydroxyl groups excluding tert-OH is 2. The Hall–Kier alpha value is -1.66. The van der Waals surface area contributed by atoms with Crippen LogP contribution >= 0.6 is 0 Å². The number of esters is 2. The average molecular weight is 378 g/mol. The van der Waals surface area contributed by atoms with E-state index in [9.17, 15) is 19.8 Å². The zero-order valence-corrected chi connectivity index (χ0v) is 16.4. The zero-order chi connectivity index (χ0) is 19.8. The molecule has 6 heteroatoms. The monoisotopic (exact) mass is 378 g/mol. The van der Waals surface area contributed by atoms with E-state index in [2.05, 4.69) is 13.8 Å². The van der Waals surface area contributed by atoms with Crippen molar-refractivity contribution >= 4 is 11.9 Å². The Labute approximate surface area is 160 Å². The fraction of sp³-hybridized carbons (Fsp3) is 0.714. The molecule has 3 aliphatic rings. The van der Waals surface area contributed by atoms with E-state index in [1.54, 1.807) is 0 Å². The van der Waals surface area contributed by atoms with E-state index in [-0.39, 0.29) is 23.9 Å². The highest BCUT2D eigenvalue weighted by Gasteiger charge is 2.57. The average Bonchev–Trinajstić information content (AvgIpc) is 2.99. The molecule has 2 N–H and O–H groups in total. The zero-order valence-electron chi connectivity index (χ0n) is 16.4. The maximum Gasteiger partial charge on any atom is 0.336 e. The molecule has 27 heavy (non-hydrogen) atoms. The van der Waals surface area contributed by atoms with Gasteiger partial charge in [-0.05, 0) is 61.9 Å². The Morgan fingerprint density at radius 1 is 1.41 bits per heavy atom. The number of hydrogen-bond acceptors (Lipinski definition) is 6. The van der Waals surface area contributed by atoms with E-state index in [4.69, 9.17) is 9.47 Å². The van der Waals surface area contributed by atoms with Crippen LogP contribution in [0.25, 0.3) is 0 Å². The first kappa shape index (κ1) is 20.1. The van der Waals surface area contributed by atoms with Crippen LogP contribution < -0.4 is 0 Å². The molecule has 0 radical (unpaired) electrons. The van der Waals surface area contributed by atoms with Gasteiger partial charge < -0.3 is 19.7 Å². The van der Waals surface area contributed by atoms with Crippen LogP contribution in [0.2, 0.25) is 0 Å². The van der Waals surface area contributed by atoms with Crippen molar-refractivity contribution in [2.75, 3.05) is 13.7 Å². The van der Waals surface area contributed by atoms with E-state index in [0.29, 0.717) is 23.5 Å². The number of ether oxygens (including phenoxy) is 2. The number of cyclic esters (lactones) is 1. The van der Waals surface area contributed by atoms with Gasteiger partial charge in [-0.25, -0.2) is 9.59 Å². The van der Waals surface area contributed by atoms with Gasteiger partial charge in [-0.1, -0.05) is 19.9 Å². The molecule has 3 rings (SSSR count). The molecule has 1 fully saturated rings. The van der Waals surface area contributed by atoms with E-state index >= 15 is 0 Å².